The van der Waals surface area contributed by atoms with Crippen LogP contribution in [-0.4, -0.2) is 36.8 Å². The summed E-state index contributed by atoms with van der Waals surface area (Å²) >= 11 is 0. The number of carbonyl (C=O) groups is 2. The summed E-state index contributed by atoms with van der Waals surface area (Å²) in [7, 11) is 0. The molecule has 0 bridgehead atoms. The van der Waals surface area contributed by atoms with E-state index >= 15 is 0 Å². The smallest absolute Gasteiger partial charge is 0.377 e. The molecule has 0 aromatic heterocycles. The Morgan fingerprint density at radius 3 is 1.62 bits per heavy atom. The van der Waals surface area contributed by atoms with Gasteiger partial charge in [-0.05, 0) is 13.8 Å². The van der Waals surface area contributed by atoms with Crippen LogP contribution >= 0.6 is 0 Å². The average Bonchev–Trinajstić information content (AvgIpc) is 2.30. The molecule has 1 rings (SSSR count). The van der Waals surface area contributed by atoms with E-state index in [2.05, 4.69) is 30.5 Å². The maximum atomic E-state index is 11.2. The fraction of sp³-hybridized carbons (Fsp3) is 0.500. The molecule has 0 aromatic rings. The Morgan fingerprint density at radius 1 is 1.00 bits per heavy atom. The normalized spacial score (nSPS) is 13.9. The monoisotopic (exact) mass is 228 g/mol. The van der Waals surface area contributed by atoms with Crippen LogP contribution in [0.2, 0.25) is 0 Å². The van der Waals surface area contributed by atoms with Gasteiger partial charge in [0.1, 0.15) is 0 Å². The summed E-state index contributed by atoms with van der Waals surface area (Å²) in [5.74, 6) is -1.53. The Balaban J connectivity index is 2.52. The number of hydrogen-bond acceptors (Lipinski definition) is 8. The van der Waals surface area contributed by atoms with Crippen LogP contribution in [-0.2, 0) is 19.1 Å². The Hall–Kier alpha value is -2.12. The Kier molecular flexibility index (Phi) is 4.25. The number of nitrogens with one attached hydrogen (secondary N) is 2. The van der Waals surface area contributed by atoms with Crippen molar-refractivity contribution in [1.29, 1.82) is 0 Å². The second-order valence-electron chi connectivity index (χ2n) is 2.59. The molecule has 0 atom stereocenters. The molecule has 0 saturated carbocycles. The van der Waals surface area contributed by atoms with Crippen LogP contribution in [0.5, 0.6) is 0 Å². The molecule has 0 spiro atoms. The van der Waals surface area contributed by atoms with Crippen molar-refractivity contribution in [2.75, 3.05) is 13.2 Å². The number of amidine groups is 2. The summed E-state index contributed by atoms with van der Waals surface area (Å²) in [6.45, 7) is 3.80. The molecule has 0 saturated heterocycles. The van der Waals surface area contributed by atoms with E-state index in [-0.39, 0.29) is 24.9 Å². The van der Waals surface area contributed by atoms with E-state index in [1.807, 2.05) is 0 Å². The average molecular weight is 228 g/mol. The third-order valence-corrected chi connectivity index (χ3v) is 1.48. The van der Waals surface area contributed by atoms with Gasteiger partial charge in [0.25, 0.3) is 11.7 Å². The summed E-state index contributed by atoms with van der Waals surface area (Å²) < 4.78 is 9.33. The molecule has 8 nitrogen and oxygen atoms in total. The number of rotatable bonds is 4. The molecule has 88 valence electrons. The lowest BCUT2D eigenvalue weighted by Gasteiger charge is -2.12. The summed E-state index contributed by atoms with van der Waals surface area (Å²) in [5.41, 5.74) is 4.59. The van der Waals surface area contributed by atoms with E-state index in [1.165, 1.54) is 0 Å². The van der Waals surface area contributed by atoms with Gasteiger partial charge in [0.05, 0.1) is 13.2 Å². The van der Waals surface area contributed by atoms with Crippen molar-refractivity contribution < 1.29 is 19.1 Å². The topological polar surface area (TPSA) is 101 Å². The molecule has 1 heterocycles. The fourth-order valence-electron chi connectivity index (χ4n) is 0.849. The van der Waals surface area contributed by atoms with Crippen LogP contribution in [0.15, 0.2) is 10.2 Å². The maximum Gasteiger partial charge on any atom is 0.377 e. The largest absolute Gasteiger partial charge is 0.460 e. The summed E-state index contributed by atoms with van der Waals surface area (Å²) in [6.07, 6.45) is 0. The summed E-state index contributed by atoms with van der Waals surface area (Å²) in [6, 6.07) is 0. The molecule has 1 aliphatic heterocycles. The molecule has 1 aliphatic rings. The third-order valence-electron chi connectivity index (χ3n) is 1.48. The van der Waals surface area contributed by atoms with Gasteiger partial charge in [-0.2, -0.15) is 0 Å². The van der Waals surface area contributed by atoms with Crippen molar-refractivity contribution >= 4 is 23.6 Å². The minimum Gasteiger partial charge on any atom is -0.460 e. The standard InChI is InChI=1S/C8H12N4O4/c1-3-15-7(13)5-9-11-6(12-10-5)8(14)16-4-2/h3-4H2,1-2H3,(H,9,10)(H,11,12). The molecule has 0 fully saturated rings. The van der Waals surface area contributed by atoms with Gasteiger partial charge in [-0.25, -0.2) is 9.59 Å². The highest BCUT2D eigenvalue weighted by atomic mass is 16.5. The molecular formula is C8H12N4O4. The van der Waals surface area contributed by atoms with Crippen LogP contribution in [0.3, 0.4) is 0 Å². The number of nitrogens with zero attached hydrogens (tertiary/aromatic N) is 2. The first-order valence-electron chi connectivity index (χ1n) is 4.70. The van der Waals surface area contributed by atoms with E-state index in [0.717, 1.165) is 0 Å². The molecule has 0 unspecified atom stereocenters. The first-order valence-corrected chi connectivity index (χ1v) is 4.70. The zero-order valence-electron chi connectivity index (χ0n) is 8.94. The first kappa shape index (κ1) is 12.0. The predicted molar refractivity (Wildman–Crippen MR) is 54.4 cm³/mol. The highest BCUT2D eigenvalue weighted by molar-refractivity contribution is 6.39. The van der Waals surface area contributed by atoms with Crippen molar-refractivity contribution in [2.24, 2.45) is 10.2 Å². The molecule has 0 aliphatic carbocycles. The van der Waals surface area contributed by atoms with Gasteiger partial charge < -0.3 is 9.47 Å². The van der Waals surface area contributed by atoms with Gasteiger partial charge in [0.15, 0.2) is 0 Å². The number of ether oxygens (including phenoxy) is 2. The Labute approximate surface area is 91.7 Å². The van der Waals surface area contributed by atoms with Gasteiger partial charge in [-0.1, -0.05) is 0 Å². The van der Waals surface area contributed by atoms with Crippen LogP contribution in [0.4, 0.5) is 0 Å². The highest BCUT2D eigenvalue weighted by Gasteiger charge is 2.20. The van der Waals surface area contributed by atoms with Crippen LogP contribution in [0.25, 0.3) is 0 Å². The van der Waals surface area contributed by atoms with Crippen molar-refractivity contribution in [3.8, 4) is 0 Å². The lowest BCUT2D eigenvalue weighted by Crippen LogP contribution is -2.42. The van der Waals surface area contributed by atoms with Crippen molar-refractivity contribution in [3.63, 3.8) is 0 Å². The molecule has 0 amide bonds. The van der Waals surface area contributed by atoms with Gasteiger partial charge in [0.2, 0.25) is 0 Å². The highest BCUT2D eigenvalue weighted by Crippen LogP contribution is 1.90. The number of hydrazone groups is 2. The summed E-state index contributed by atoms with van der Waals surface area (Å²) in [5, 5.41) is 7.16. The zero-order valence-corrected chi connectivity index (χ0v) is 8.94. The van der Waals surface area contributed by atoms with E-state index in [4.69, 9.17) is 0 Å². The van der Waals surface area contributed by atoms with E-state index in [9.17, 15) is 9.59 Å². The van der Waals surface area contributed by atoms with Crippen molar-refractivity contribution in [2.45, 2.75) is 13.8 Å². The van der Waals surface area contributed by atoms with Crippen LogP contribution in [0, 0.1) is 0 Å². The SMILES string of the molecule is CCOC(=O)C1=NNC(C(=O)OCC)=NN1. The van der Waals surface area contributed by atoms with Crippen LogP contribution < -0.4 is 10.9 Å². The maximum absolute atomic E-state index is 11.2. The molecule has 8 heteroatoms. The second-order valence-corrected chi connectivity index (χ2v) is 2.59. The molecule has 16 heavy (non-hydrogen) atoms. The minimum atomic E-state index is -0.651. The quantitative estimate of drug-likeness (QED) is 0.594. The van der Waals surface area contributed by atoms with Gasteiger partial charge >= 0.3 is 11.9 Å². The van der Waals surface area contributed by atoms with Gasteiger partial charge in [0, 0.05) is 0 Å². The molecule has 0 aromatic carbocycles. The zero-order chi connectivity index (χ0) is 12.0. The van der Waals surface area contributed by atoms with E-state index in [0.29, 0.717) is 0 Å². The van der Waals surface area contributed by atoms with Crippen LogP contribution in [0.1, 0.15) is 13.8 Å². The van der Waals surface area contributed by atoms with E-state index in [1.54, 1.807) is 13.8 Å². The first-order chi connectivity index (χ1) is 7.69. The van der Waals surface area contributed by atoms with Gasteiger partial charge in [-0.3, -0.25) is 10.9 Å². The Morgan fingerprint density at radius 2 is 1.38 bits per heavy atom. The van der Waals surface area contributed by atoms with E-state index < -0.39 is 11.9 Å². The third kappa shape index (κ3) is 2.94. The fourth-order valence-corrected chi connectivity index (χ4v) is 0.849. The molecule has 2 N–H and O–H groups in total. The lowest BCUT2D eigenvalue weighted by atomic mass is 10.5. The van der Waals surface area contributed by atoms with Crippen molar-refractivity contribution in [3.05, 3.63) is 0 Å². The molecular weight excluding hydrogens is 216 g/mol. The number of hydrogen-bond donors (Lipinski definition) is 2. The molecule has 0 radical (unpaired) electrons. The minimum absolute atomic E-state index is 0.116. The van der Waals surface area contributed by atoms with Crippen molar-refractivity contribution in [1.82, 2.24) is 10.9 Å². The number of carbonyl (C=O) groups excluding carboxylic acids is 2. The second kappa shape index (κ2) is 5.69. The Bertz CT molecular complexity index is 316. The lowest BCUT2D eigenvalue weighted by molar-refractivity contribution is -0.136. The van der Waals surface area contributed by atoms with Gasteiger partial charge in [-0.15, -0.1) is 10.2 Å². The number of esters is 2. The predicted octanol–water partition coefficient (Wildman–Crippen LogP) is -1.07. The summed E-state index contributed by atoms with van der Waals surface area (Å²) in [4.78, 5) is 22.3.